The summed E-state index contributed by atoms with van der Waals surface area (Å²) in [6.45, 7) is 2.64. The molecule has 0 bridgehead atoms. The molecule has 1 aliphatic rings. The second-order valence-electron chi connectivity index (χ2n) is 5.07. The quantitative estimate of drug-likeness (QED) is 0.806. The van der Waals surface area contributed by atoms with Crippen LogP contribution < -0.4 is 0 Å². The molecule has 0 aromatic heterocycles. The van der Waals surface area contributed by atoms with Crippen LogP contribution in [0.4, 0.5) is 0 Å². The Kier molecular flexibility index (Phi) is 4.53. The zero-order chi connectivity index (χ0) is 15.6. The van der Waals surface area contributed by atoms with Gasteiger partial charge in [0.1, 0.15) is 11.3 Å². The average Bonchev–Trinajstić information content (AvgIpc) is 3.28. The number of phenols is 1. The Balaban J connectivity index is 2.36. The summed E-state index contributed by atoms with van der Waals surface area (Å²) in [5.74, 6) is -0.641. The van der Waals surface area contributed by atoms with E-state index in [1.165, 1.54) is 23.5 Å². The van der Waals surface area contributed by atoms with Crippen LogP contribution in [0.1, 0.15) is 30.1 Å². The van der Waals surface area contributed by atoms with Gasteiger partial charge in [0.2, 0.25) is 10.0 Å². The fourth-order valence-electron chi connectivity index (χ4n) is 2.08. The molecular weight excluding hydrogens is 294 g/mol. The Labute approximate surface area is 124 Å². The Morgan fingerprint density at radius 3 is 2.62 bits per heavy atom. The van der Waals surface area contributed by atoms with E-state index in [9.17, 15) is 18.3 Å². The smallest absolute Gasteiger partial charge is 0.341 e. The van der Waals surface area contributed by atoms with Crippen LogP contribution in [-0.2, 0) is 14.8 Å². The number of esters is 1. The fraction of sp³-hybridized carbons (Fsp3) is 0.500. The van der Waals surface area contributed by atoms with Crippen molar-refractivity contribution in [2.24, 2.45) is 5.92 Å². The number of ether oxygens (including phenoxy) is 1. The lowest BCUT2D eigenvalue weighted by Crippen LogP contribution is -2.32. The molecule has 1 aromatic rings. The Morgan fingerprint density at radius 1 is 1.43 bits per heavy atom. The highest BCUT2D eigenvalue weighted by atomic mass is 32.2. The topological polar surface area (TPSA) is 83.9 Å². The number of nitrogens with zero attached hydrogens (tertiary/aromatic N) is 1. The minimum Gasteiger partial charge on any atom is -0.507 e. The molecule has 0 amide bonds. The molecule has 21 heavy (non-hydrogen) atoms. The van der Waals surface area contributed by atoms with Crippen molar-refractivity contribution in [3.63, 3.8) is 0 Å². The molecule has 0 saturated heterocycles. The summed E-state index contributed by atoms with van der Waals surface area (Å²) in [7, 11) is -2.50. The minimum atomic E-state index is -3.67. The van der Waals surface area contributed by atoms with Crippen molar-refractivity contribution in [3.05, 3.63) is 23.8 Å². The first-order valence-corrected chi connectivity index (χ1v) is 8.25. The van der Waals surface area contributed by atoms with Crippen molar-refractivity contribution >= 4 is 16.0 Å². The third kappa shape index (κ3) is 3.36. The maximum Gasteiger partial charge on any atom is 0.341 e. The van der Waals surface area contributed by atoms with Gasteiger partial charge in [-0.15, -0.1) is 0 Å². The summed E-state index contributed by atoms with van der Waals surface area (Å²) in [6.07, 6.45) is 2.10. The molecule has 2 rings (SSSR count). The van der Waals surface area contributed by atoms with Gasteiger partial charge < -0.3 is 9.84 Å². The van der Waals surface area contributed by atoms with Gasteiger partial charge in [-0.25, -0.2) is 13.2 Å². The van der Waals surface area contributed by atoms with Gasteiger partial charge in [0.15, 0.2) is 0 Å². The van der Waals surface area contributed by atoms with Crippen molar-refractivity contribution in [2.75, 3.05) is 20.2 Å². The molecule has 0 atom stereocenters. The largest absolute Gasteiger partial charge is 0.507 e. The predicted molar refractivity (Wildman–Crippen MR) is 76.6 cm³/mol. The highest BCUT2D eigenvalue weighted by Crippen LogP contribution is 2.32. The molecular formula is C14H19NO5S. The molecule has 1 aromatic carbocycles. The van der Waals surface area contributed by atoms with E-state index in [2.05, 4.69) is 4.74 Å². The summed E-state index contributed by atoms with van der Waals surface area (Å²) in [6, 6.07) is 3.66. The van der Waals surface area contributed by atoms with Crippen LogP contribution in [0.2, 0.25) is 0 Å². The van der Waals surface area contributed by atoms with Gasteiger partial charge >= 0.3 is 5.97 Å². The van der Waals surface area contributed by atoms with Gasteiger partial charge in [0, 0.05) is 13.1 Å². The van der Waals surface area contributed by atoms with Crippen LogP contribution in [0.25, 0.3) is 0 Å². The van der Waals surface area contributed by atoms with E-state index >= 15 is 0 Å². The second-order valence-corrected chi connectivity index (χ2v) is 7.01. The SMILES string of the molecule is CCN(CC1CC1)S(=O)(=O)c1ccc(O)c(C(=O)OC)c1. The number of carbonyl (C=O) groups is 1. The highest BCUT2D eigenvalue weighted by molar-refractivity contribution is 7.89. The summed E-state index contributed by atoms with van der Waals surface area (Å²) in [5.41, 5.74) is -0.152. The molecule has 6 nitrogen and oxygen atoms in total. The van der Waals surface area contributed by atoms with Crippen LogP contribution in [0.3, 0.4) is 0 Å². The molecule has 1 aliphatic carbocycles. The van der Waals surface area contributed by atoms with Crippen molar-refractivity contribution < 1.29 is 23.1 Å². The number of aromatic hydroxyl groups is 1. The summed E-state index contributed by atoms with van der Waals surface area (Å²) < 4.78 is 31.1. The van der Waals surface area contributed by atoms with E-state index < -0.39 is 16.0 Å². The van der Waals surface area contributed by atoms with E-state index in [1.54, 1.807) is 6.92 Å². The fourth-order valence-corrected chi connectivity index (χ4v) is 3.64. The van der Waals surface area contributed by atoms with E-state index in [-0.39, 0.29) is 16.2 Å². The number of hydrogen-bond donors (Lipinski definition) is 1. The Morgan fingerprint density at radius 2 is 2.10 bits per heavy atom. The second kappa shape index (κ2) is 6.03. The maximum absolute atomic E-state index is 12.6. The van der Waals surface area contributed by atoms with Gasteiger partial charge in [-0.05, 0) is 37.0 Å². The van der Waals surface area contributed by atoms with Gasteiger partial charge in [0.25, 0.3) is 0 Å². The third-order valence-corrected chi connectivity index (χ3v) is 5.46. The van der Waals surface area contributed by atoms with Crippen LogP contribution in [0, 0.1) is 5.92 Å². The molecule has 0 heterocycles. The van der Waals surface area contributed by atoms with Gasteiger partial charge in [-0.3, -0.25) is 0 Å². The number of carbonyl (C=O) groups excluding carboxylic acids is 1. The first kappa shape index (κ1) is 15.8. The number of hydrogen-bond acceptors (Lipinski definition) is 5. The Bertz CT molecular complexity index is 637. The normalized spacial score (nSPS) is 15.2. The first-order valence-electron chi connectivity index (χ1n) is 6.81. The van der Waals surface area contributed by atoms with Crippen LogP contribution in [0.15, 0.2) is 23.1 Å². The highest BCUT2D eigenvalue weighted by Gasteiger charge is 2.31. The average molecular weight is 313 g/mol. The lowest BCUT2D eigenvalue weighted by molar-refractivity contribution is 0.0597. The molecule has 1 saturated carbocycles. The number of methoxy groups -OCH3 is 1. The lowest BCUT2D eigenvalue weighted by Gasteiger charge is -2.20. The zero-order valence-electron chi connectivity index (χ0n) is 12.1. The standard InChI is InChI=1S/C14H19NO5S/c1-3-15(9-10-4-5-10)21(18,19)11-6-7-13(16)12(8-11)14(17)20-2/h6-8,10,16H,3-5,9H2,1-2H3. The molecule has 1 fully saturated rings. The number of rotatable bonds is 6. The third-order valence-electron chi connectivity index (χ3n) is 3.52. The summed E-state index contributed by atoms with van der Waals surface area (Å²) in [4.78, 5) is 11.5. The van der Waals surface area contributed by atoms with Crippen LogP contribution in [0.5, 0.6) is 5.75 Å². The molecule has 116 valence electrons. The lowest BCUT2D eigenvalue weighted by atomic mass is 10.2. The van der Waals surface area contributed by atoms with Crippen LogP contribution in [-0.4, -0.2) is 44.0 Å². The number of benzene rings is 1. The summed E-state index contributed by atoms with van der Waals surface area (Å²) in [5, 5.41) is 9.64. The maximum atomic E-state index is 12.6. The predicted octanol–water partition coefficient (Wildman–Crippen LogP) is 1.60. The molecule has 0 radical (unpaired) electrons. The van der Waals surface area contributed by atoms with E-state index in [1.807, 2.05) is 0 Å². The van der Waals surface area contributed by atoms with Gasteiger partial charge in [-0.1, -0.05) is 6.92 Å². The monoisotopic (exact) mass is 313 g/mol. The number of phenolic OH excluding ortho intramolecular Hbond substituents is 1. The molecule has 0 spiro atoms. The summed E-state index contributed by atoms with van der Waals surface area (Å²) >= 11 is 0. The van der Waals surface area contributed by atoms with E-state index in [0.29, 0.717) is 19.0 Å². The molecule has 0 aliphatic heterocycles. The molecule has 0 unspecified atom stereocenters. The van der Waals surface area contributed by atoms with E-state index in [0.717, 1.165) is 18.9 Å². The minimum absolute atomic E-state index is 0.0109. The van der Waals surface area contributed by atoms with Crippen LogP contribution >= 0.6 is 0 Å². The first-order chi connectivity index (χ1) is 9.90. The molecule has 7 heteroatoms. The zero-order valence-corrected chi connectivity index (χ0v) is 12.9. The van der Waals surface area contributed by atoms with Gasteiger partial charge in [0.05, 0.1) is 12.0 Å². The van der Waals surface area contributed by atoms with Crippen molar-refractivity contribution in [2.45, 2.75) is 24.7 Å². The van der Waals surface area contributed by atoms with E-state index in [4.69, 9.17) is 0 Å². The van der Waals surface area contributed by atoms with Crippen molar-refractivity contribution in [1.29, 1.82) is 0 Å². The number of sulfonamides is 1. The van der Waals surface area contributed by atoms with Crippen molar-refractivity contribution in [1.82, 2.24) is 4.31 Å². The van der Waals surface area contributed by atoms with Gasteiger partial charge in [-0.2, -0.15) is 4.31 Å². The Hall–Kier alpha value is -1.60. The molecule has 1 N–H and O–H groups in total. The van der Waals surface area contributed by atoms with Crippen molar-refractivity contribution in [3.8, 4) is 5.75 Å².